The fourth-order valence-corrected chi connectivity index (χ4v) is 5.30. The Labute approximate surface area is 177 Å². The van der Waals surface area contributed by atoms with Crippen LogP contribution in [0.4, 0.5) is 5.69 Å². The van der Waals surface area contributed by atoms with Gasteiger partial charge in [-0.25, -0.2) is 8.42 Å². The highest BCUT2D eigenvalue weighted by Gasteiger charge is 2.34. The molecule has 1 heterocycles. The molecule has 154 valence electrons. The molecule has 1 saturated heterocycles. The monoisotopic (exact) mass is 432 g/mol. The molecule has 0 aromatic heterocycles. The number of amides is 1. The van der Waals surface area contributed by atoms with Crippen LogP contribution in [0, 0.1) is 0 Å². The van der Waals surface area contributed by atoms with Crippen LogP contribution < -0.4 is 4.90 Å². The van der Waals surface area contributed by atoms with Crippen LogP contribution in [0.1, 0.15) is 17.5 Å². The number of benzene rings is 2. The minimum atomic E-state index is -3.10. The normalized spacial score (nSPS) is 18.1. The van der Waals surface area contributed by atoms with Gasteiger partial charge in [0.1, 0.15) is 0 Å². The molecule has 7 heteroatoms. The summed E-state index contributed by atoms with van der Waals surface area (Å²) < 4.78 is 24.0. The molecule has 2 aromatic rings. The van der Waals surface area contributed by atoms with Crippen molar-refractivity contribution in [1.82, 2.24) is 4.90 Å². The molecule has 0 N–H and O–H groups in total. The molecule has 0 bridgehead atoms. The predicted molar refractivity (Wildman–Crippen MR) is 119 cm³/mol. The Morgan fingerprint density at radius 2 is 1.83 bits per heavy atom. The maximum absolute atomic E-state index is 13.0. The average molecular weight is 433 g/mol. The van der Waals surface area contributed by atoms with Crippen LogP contribution in [0.25, 0.3) is 6.08 Å². The average Bonchev–Trinajstić information content (AvgIpc) is 3.05. The van der Waals surface area contributed by atoms with Gasteiger partial charge in [0.25, 0.3) is 0 Å². The number of rotatable bonds is 6. The predicted octanol–water partition coefficient (Wildman–Crippen LogP) is 3.64. The number of halogens is 1. The molecule has 0 spiro atoms. The number of hydrogen-bond donors (Lipinski definition) is 0. The van der Waals surface area contributed by atoms with E-state index in [1.807, 2.05) is 61.5 Å². The SMILES string of the molecule is CN(C)c1ccc(CN(C(=O)/C=C/c2ccccc2Cl)[C@@H]2CCS(=O)(=O)C2)cc1. The fourth-order valence-electron chi connectivity index (χ4n) is 3.37. The zero-order chi connectivity index (χ0) is 21.0. The standard InChI is InChI=1S/C22H25ClN2O3S/c1-24(2)19-10-7-17(8-11-19)15-25(20-13-14-29(27,28)16-20)22(26)12-9-18-5-3-4-6-21(18)23/h3-12,20H,13-16H2,1-2H3/b12-9+/t20-/m1/s1. The summed E-state index contributed by atoms with van der Waals surface area (Å²) in [6.45, 7) is 0.361. The molecule has 1 aliphatic rings. The van der Waals surface area contributed by atoms with Gasteiger partial charge in [0, 0.05) is 43.5 Å². The first kappa shape index (κ1) is 21.4. The van der Waals surface area contributed by atoms with Crippen molar-refractivity contribution in [3.63, 3.8) is 0 Å². The van der Waals surface area contributed by atoms with Gasteiger partial charge in [-0.05, 0) is 41.8 Å². The highest BCUT2D eigenvalue weighted by atomic mass is 35.5. The molecule has 2 aromatic carbocycles. The van der Waals surface area contributed by atoms with Crippen molar-refractivity contribution in [2.24, 2.45) is 0 Å². The third-order valence-electron chi connectivity index (χ3n) is 5.05. The lowest BCUT2D eigenvalue weighted by Gasteiger charge is -2.27. The number of carbonyl (C=O) groups is 1. The van der Waals surface area contributed by atoms with Crippen molar-refractivity contribution in [3.8, 4) is 0 Å². The molecule has 0 saturated carbocycles. The maximum atomic E-state index is 13.0. The quantitative estimate of drug-likeness (QED) is 0.654. The molecule has 1 aliphatic heterocycles. The van der Waals surface area contributed by atoms with E-state index >= 15 is 0 Å². The molecule has 1 atom stereocenters. The van der Waals surface area contributed by atoms with Crippen LogP contribution in [0.2, 0.25) is 5.02 Å². The summed E-state index contributed by atoms with van der Waals surface area (Å²) in [6.07, 6.45) is 3.61. The Hall–Kier alpha value is -2.31. The van der Waals surface area contributed by atoms with Gasteiger partial charge in [-0.15, -0.1) is 0 Å². The smallest absolute Gasteiger partial charge is 0.247 e. The summed E-state index contributed by atoms with van der Waals surface area (Å²) in [5, 5.41) is 0.561. The molecule has 29 heavy (non-hydrogen) atoms. The summed E-state index contributed by atoms with van der Waals surface area (Å²) in [6, 6.07) is 14.9. The van der Waals surface area contributed by atoms with Crippen molar-refractivity contribution >= 4 is 39.1 Å². The Bertz CT molecular complexity index is 1000. The van der Waals surface area contributed by atoms with Crippen LogP contribution in [0.15, 0.2) is 54.6 Å². The van der Waals surface area contributed by atoms with Crippen LogP contribution in [0.5, 0.6) is 0 Å². The number of carbonyl (C=O) groups excluding carboxylic acids is 1. The minimum Gasteiger partial charge on any atom is -0.378 e. The zero-order valence-electron chi connectivity index (χ0n) is 16.6. The number of sulfone groups is 1. The van der Waals surface area contributed by atoms with E-state index < -0.39 is 9.84 Å². The van der Waals surface area contributed by atoms with Crippen LogP contribution in [0.3, 0.4) is 0 Å². The van der Waals surface area contributed by atoms with E-state index in [-0.39, 0.29) is 23.5 Å². The van der Waals surface area contributed by atoms with E-state index in [1.165, 1.54) is 6.08 Å². The second-order valence-corrected chi connectivity index (χ2v) is 10.1. The van der Waals surface area contributed by atoms with Gasteiger partial charge in [-0.1, -0.05) is 41.9 Å². The largest absolute Gasteiger partial charge is 0.378 e. The number of anilines is 1. The van der Waals surface area contributed by atoms with Crippen molar-refractivity contribution in [1.29, 1.82) is 0 Å². The van der Waals surface area contributed by atoms with Crippen molar-refractivity contribution in [3.05, 3.63) is 70.8 Å². The van der Waals surface area contributed by atoms with E-state index in [0.717, 1.165) is 16.8 Å². The third kappa shape index (κ3) is 5.61. The van der Waals surface area contributed by atoms with Crippen molar-refractivity contribution in [2.45, 2.75) is 19.0 Å². The maximum Gasteiger partial charge on any atom is 0.247 e. The Morgan fingerprint density at radius 1 is 1.14 bits per heavy atom. The molecule has 1 fully saturated rings. The lowest BCUT2D eigenvalue weighted by atomic mass is 10.1. The lowest BCUT2D eigenvalue weighted by Crippen LogP contribution is -2.39. The van der Waals surface area contributed by atoms with Crippen molar-refractivity contribution < 1.29 is 13.2 Å². The van der Waals surface area contributed by atoms with Gasteiger partial charge < -0.3 is 9.80 Å². The van der Waals surface area contributed by atoms with Gasteiger partial charge in [-0.2, -0.15) is 0 Å². The van der Waals surface area contributed by atoms with Gasteiger partial charge in [0.2, 0.25) is 5.91 Å². The van der Waals surface area contributed by atoms with Crippen molar-refractivity contribution in [2.75, 3.05) is 30.5 Å². The van der Waals surface area contributed by atoms with Crippen LogP contribution in [-0.2, 0) is 21.2 Å². The molecule has 0 aliphatic carbocycles. The number of hydrogen-bond acceptors (Lipinski definition) is 4. The Kier molecular flexibility index (Phi) is 6.65. The zero-order valence-corrected chi connectivity index (χ0v) is 18.2. The van der Waals surface area contributed by atoms with Gasteiger partial charge in [0.05, 0.1) is 11.5 Å². The third-order valence-corrected chi connectivity index (χ3v) is 7.14. The first-order chi connectivity index (χ1) is 13.7. The van der Waals surface area contributed by atoms with Gasteiger partial charge in [-0.3, -0.25) is 4.79 Å². The first-order valence-electron chi connectivity index (χ1n) is 9.45. The summed E-state index contributed by atoms with van der Waals surface area (Å²) in [7, 11) is 0.828. The topological polar surface area (TPSA) is 57.7 Å². The van der Waals surface area contributed by atoms with Crippen LogP contribution >= 0.6 is 11.6 Å². The Morgan fingerprint density at radius 3 is 2.41 bits per heavy atom. The van der Waals surface area contributed by atoms with Crippen LogP contribution in [-0.4, -0.2) is 50.9 Å². The van der Waals surface area contributed by atoms with E-state index in [0.29, 0.717) is 18.0 Å². The van der Waals surface area contributed by atoms with Gasteiger partial charge >= 0.3 is 0 Å². The van der Waals surface area contributed by atoms with Gasteiger partial charge in [0.15, 0.2) is 9.84 Å². The second-order valence-electron chi connectivity index (χ2n) is 7.44. The number of nitrogens with zero attached hydrogens (tertiary/aromatic N) is 2. The van der Waals surface area contributed by atoms with E-state index in [2.05, 4.69) is 0 Å². The molecule has 0 radical (unpaired) electrons. The first-order valence-corrected chi connectivity index (χ1v) is 11.6. The Balaban J connectivity index is 1.82. The highest BCUT2D eigenvalue weighted by Crippen LogP contribution is 2.23. The molecular weight excluding hydrogens is 408 g/mol. The summed E-state index contributed by atoms with van der Waals surface area (Å²) in [5.74, 6) is -0.0901. The summed E-state index contributed by atoms with van der Waals surface area (Å²) >= 11 is 6.16. The molecular formula is C22H25ClN2O3S. The molecule has 0 unspecified atom stereocenters. The molecule has 1 amide bonds. The fraction of sp³-hybridized carbons (Fsp3) is 0.318. The lowest BCUT2D eigenvalue weighted by molar-refractivity contribution is -0.128. The second kappa shape index (κ2) is 9.01. The minimum absolute atomic E-state index is 0.00839. The highest BCUT2D eigenvalue weighted by molar-refractivity contribution is 7.91. The summed E-state index contributed by atoms with van der Waals surface area (Å²) in [4.78, 5) is 16.7. The van der Waals surface area contributed by atoms with E-state index in [4.69, 9.17) is 11.6 Å². The molecule has 3 rings (SSSR count). The molecule has 5 nitrogen and oxygen atoms in total. The van der Waals surface area contributed by atoms with E-state index in [9.17, 15) is 13.2 Å². The van der Waals surface area contributed by atoms with E-state index in [1.54, 1.807) is 17.0 Å². The summed E-state index contributed by atoms with van der Waals surface area (Å²) in [5.41, 5.74) is 2.77.